The van der Waals surface area contributed by atoms with Crippen LogP contribution in [0, 0.1) is 30.1 Å². The van der Waals surface area contributed by atoms with E-state index in [1.54, 1.807) is 0 Å². The highest BCUT2D eigenvalue weighted by Crippen LogP contribution is 2.60. The second-order valence-electron chi connectivity index (χ2n) is 8.52. The number of nitrogens with one attached hydrogen (secondary N) is 2. The predicted octanol–water partition coefficient (Wildman–Crippen LogP) is 3.06. The van der Waals surface area contributed by atoms with E-state index in [0.717, 1.165) is 42.6 Å². The normalized spacial score (nSPS) is 32.4. The summed E-state index contributed by atoms with van der Waals surface area (Å²) >= 11 is 0. The molecule has 0 aromatic heterocycles. The fraction of sp³-hybridized carbons (Fsp3) is 0.619. The van der Waals surface area contributed by atoms with Gasteiger partial charge in [0.1, 0.15) is 0 Å². The summed E-state index contributed by atoms with van der Waals surface area (Å²) in [6.45, 7) is 2.92. The molecule has 4 aliphatic rings. The molecule has 0 aliphatic heterocycles. The van der Waals surface area contributed by atoms with Crippen LogP contribution >= 0.6 is 0 Å². The lowest BCUT2D eigenvalue weighted by Gasteiger charge is -2.55. The van der Waals surface area contributed by atoms with Crippen LogP contribution in [0.15, 0.2) is 24.3 Å². The third kappa shape index (κ3) is 3.19. The van der Waals surface area contributed by atoms with Gasteiger partial charge in [0.2, 0.25) is 5.91 Å². The highest BCUT2D eigenvalue weighted by atomic mass is 16.2. The minimum atomic E-state index is -0.102. The molecule has 25 heavy (non-hydrogen) atoms. The lowest BCUT2D eigenvalue weighted by molar-refractivity contribution is -0.146. The van der Waals surface area contributed by atoms with Crippen LogP contribution in [0.5, 0.6) is 0 Å². The molecule has 0 unspecified atom stereocenters. The summed E-state index contributed by atoms with van der Waals surface area (Å²) in [4.78, 5) is 25.0. The summed E-state index contributed by atoms with van der Waals surface area (Å²) in [5.74, 6) is 2.49. The van der Waals surface area contributed by atoms with Crippen molar-refractivity contribution in [3.8, 4) is 0 Å². The third-order valence-electron chi connectivity index (χ3n) is 6.61. The van der Waals surface area contributed by atoms with Crippen molar-refractivity contribution in [2.24, 2.45) is 23.2 Å². The largest absolute Gasteiger partial charge is 0.354 e. The molecular weight excluding hydrogens is 312 g/mol. The molecule has 4 nitrogen and oxygen atoms in total. The first kappa shape index (κ1) is 16.6. The van der Waals surface area contributed by atoms with Gasteiger partial charge in [0.05, 0.1) is 0 Å². The Morgan fingerprint density at radius 2 is 1.52 bits per heavy atom. The molecule has 1 aromatic rings. The Kier molecular flexibility index (Phi) is 4.30. The highest BCUT2D eigenvalue weighted by Gasteiger charge is 2.54. The SMILES string of the molecule is Cc1ccccc1C(=O)NCCNC(=O)C12CC3CC(CC(C3)C1)C2. The molecule has 0 atom stereocenters. The summed E-state index contributed by atoms with van der Waals surface area (Å²) in [6.07, 6.45) is 7.29. The lowest BCUT2D eigenvalue weighted by Crippen LogP contribution is -2.54. The Labute approximate surface area is 149 Å². The number of rotatable bonds is 5. The van der Waals surface area contributed by atoms with Crippen LogP contribution in [0.2, 0.25) is 0 Å². The summed E-state index contributed by atoms with van der Waals surface area (Å²) in [5.41, 5.74) is 1.57. The zero-order valence-electron chi connectivity index (χ0n) is 15.0. The molecule has 4 heteroatoms. The second-order valence-corrected chi connectivity index (χ2v) is 8.52. The van der Waals surface area contributed by atoms with E-state index < -0.39 is 0 Å². The Morgan fingerprint density at radius 3 is 2.12 bits per heavy atom. The summed E-state index contributed by atoms with van der Waals surface area (Å²) < 4.78 is 0. The van der Waals surface area contributed by atoms with Gasteiger partial charge in [-0.3, -0.25) is 9.59 Å². The molecule has 4 fully saturated rings. The summed E-state index contributed by atoms with van der Waals surface area (Å²) in [6, 6.07) is 7.57. The van der Waals surface area contributed by atoms with E-state index in [0.29, 0.717) is 18.7 Å². The zero-order chi connectivity index (χ0) is 17.4. The van der Waals surface area contributed by atoms with Crippen molar-refractivity contribution in [1.82, 2.24) is 10.6 Å². The number of aryl methyl sites for hydroxylation is 1. The molecule has 0 spiro atoms. The molecule has 5 rings (SSSR count). The molecule has 4 saturated carbocycles. The van der Waals surface area contributed by atoms with Crippen molar-refractivity contribution in [1.29, 1.82) is 0 Å². The van der Waals surface area contributed by atoms with E-state index in [9.17, 15) is 9.59 Å². The highest BCUT2D eigenvalue weighted by molar-refractivity contribution is 5.95. The maximum Gasteiger partial charge on any atom is 0.251 e. The first-order chi connectivity index (χ1) is 12.1. The molecule has 1 aromatic carbocycles. The third-order valence-corrected chi connectivity index (χ3v) is 6.61. The quantitative estimate of drug-likeness (QED) is 0.810. The minimum Gasteiger partial charge on any atom is -0.354 e. The number of hydrogen-bond donors (Lipinski definition) is 2. The van der Waals surface area contributed by atoms with E-state index in [1.807, 2.05) is 31.2 Å². The molecular formula is C21H28N2O2. The van der Waals surface area contributed by atoms with Crippen LogP contribution in [0.25, 0.3) is 0 Å². The van der Waals surface area contributed by atoms with Gasteiger partial charge in [0, 0.05) is 24.1 Å². The molecule has 134 valence electrons. The Bertz CT molecular complexity index is 647. The van der Waals surface area contributed by atoms with Crippen LogP contribution in [0.3, 0.4) is 0 Å². The van der Waals surface area contributed by atoms with Gasteiger partial charge in [-0.05, 0) is 74.8 Å². The summed E-state index contributed by atoms with van der Waals surface area (Å²) in [5, 5.41) is 6.02. The maximum atomic E-state index is 12.8. The number of hydrogen-bond acceptors (Lipinski definition) is 2. The van der Waals surface area contributed by atoms with Gasteiger partial charge in [-0.15, -0.1) is 0 Å². The Hall–Kier alpha value is -1.84. The number of carbonyl (C=O) groups excluding carboxylic acids is 2. The zero-order valence-corrected chi connectivity index (χ0v) is 15.0. The number of benzene rings is 1. The van der Waals surface area contributed by atoms with E-state index in [4.69, 9.17) is 0 Å². The fourth-order valence-electron chi connectivity index (χ4n) is 5.85. The summed E-state index contributed by atoms with van der Waals surface area (Å²) in [7, 11) is 0. The molecule has 0 saturated heterocycles. The molecule has 0 radical (unpaired) electrons. The molecule has 0 heterocycles. The van der Waals surface area contributed by atoms with Crippen LogP contribution in [0.4, 0.5) is 0 Å². The fourth-order valence-corrected chi connectivity index (χ4v) is 5.85. The topological polar surface area (TPSA) is 58.2 Å². The minimum absolute atomic E-state index is 0.0675. The monoisotopic (exact) mass is 340 g/mol. The second kappa shape index (κ2) is 6.47. The van der Waals surface area contributed by atoms with Gasteiger partial charge in [-0.1, -0.05) is 18.2 Å². The van der Waals surface area contributed by atoms with Crippen molar-refractivity contribution >= 4 is 11.8 Å². The van der Waals surface area contributed by atoms with Crippen molar-refractivity contribution < 1.29 is 9.59 Å². The Morgan fingerprint density at radius 1 is 0.960 bits per heavy atom. The van der Waals surface area contributed by atoms with Gasteiger partial charge in [-0.25, -0.2) is 0 Å². The predicted molar refractivity (Wildman–Crippen MR) is 97.1 cm³/mol. The van der Waals surface area contributed by atoms with Crippen LogP contribution in [-0.2, 0) is 4.79 Å². The number of amides is 2. The van der Waals surface area contributed by atoms with Crippen molar-refractivity contribution in [2.45, 2.75) is 45.4 Å². The first-order valence-electron chi connectivity index (χ1n) is 9.68. The van der Waals surface area contributed by atoms with Gasteiger partial charge in [-0.2, -0.15) is 0 Å². The average Bonchev–Trinajstić information content (AvgIpc) is 2.57. The van der Waals surface area contributed by atoms with Gasteiger partial charge < -0.3 is 10.6 Å². The van der Waals surface area contributed by atoms with E-state index in [1.165, 1.54) is 19.3 Å². The van der Waals surface area contributed by atoms with Gasteiger partial charge in [0.25, 0.3) is 5.91 Å². The van der Waals surface area contributed by atoms with Crippen molar-refractivity contribution in [3.63, 3.8) is 0 Å². The maximum absolute atomic E-state index is 12.8. The van der Waals surface area contributed by atoms with Gasteiger partial charge in [0.15, 0.2) is 0 Å². The van der Waals surface area contributed by atoms with Crippen LogP contribution < -0.4 is 10.6 Å². The van der Waals surface area contributed by atoms with E-state index in [-0.39, 0.29) is 17.2 Å². The first-order valence-corrected chi connectivity index (χ1v) is 9.68. The lowest BCUT2D eigenvalue weighted by atomic mass is 9.49. The molecule has 2 amide bonds. The standard InChI is InChI=1S/C21H28N2O2/c1-14-4-2-3-5-18(14)19(24)22-6-7-23-20(25)21-11-15-8-16(12-21)10-17(9-15)13-21/h2-5,15-17H,6-13H2,1H3,(H,22,24)(H,23,25). The van der Waals surface area contributed by atoms with Crippen molar-refractivity contribution in [2.75, 3.05) is 13.1 Å². The molecule has 4 aliphatic carbocycles. The van der Waals surface area contributed by atoms with E-state index >= 15 is 0 Å². The van der Waals surface area contributed by atoms with E-state index in [2.05, 4.69) is 10.6 Å². The molecule has 2 N–H and O–H groups in total. The van der Waals surface area contributed by atoms with Gasteiger partial charge >= 0.3 is 0 Å². The van der Waals surface area contributed by atoms with Crippen molar-refractivity contribution in [3.05, 3.63) is 35.4 Å². The molecule has 4 bridgehead atoms. The Balaban J connectivity index is 1.27. The average molecular weight is 340 g/mol. The number of carbonyl (C=O) groups is 2. The smallest absolute Gasteiger partial charge is 0.251 e. The van der Waals surface area contributed by atoms with Crippen LogP contribution in [-0.4, -0.2) is 24.9 Å². The van der Waals surface area contributed by atoms with Crippen LogP contribution in [0.1, 0.15) is 54.4 Å².